The lowest BCUT2D eigenvalue weighted by atomic mass is 10.1. The van der Waals surface area contributed by atoms with E-state index in [1.54, 1.807) is 4.90 Å². The molecule has 0 saturated heterocycles. The van der Waals surface area contributed by atoms with Gasteiger partial charge in [0.05, 0.1) is 12.6 Å². The molecule has 1 rings (SSSR count). The summed E-state index contributed by atoms with van der Waals surface area (Å²) in [5.74, 6) is 0.0916. The minimum absolute atomic E-state index is 0.0946. The molecule has 1 aromatic heterocycles. The van der Waals surface area contributed by atoms with Crippen LogP contribution in [0.3, 0.4) is 0 Å². The number of thiazole rings is 1. The van der Waals surface area contributed by atoms with Gasteiger partial charge in [-0.3, -0.25) is 4.79 Å². The van der Waals surface area contributed by atoms with Crippen LogP contribution < -0.4 is 16.0 Å². The van der Waals surface area contributed by atoms with Crippen LogP contribution in [0.2, 0.25) is 0 Å². The van der Waals surface area contributed by atoms with Gasteiger partial charge in [0, 0.05) is 14.1 Å². The van der Waals surface area contributed by atoms with Crippen molar-refractivity contribution in [3.05, 3.63) is 4.88 Å². The maximum Gasteiger partial charge on any atom is 0.265 e. The molecule has 0 spiro atoms. The molecule has 18 heavy (non-hydrogen) atoms. The molecule has 1 unspecified atom stereocenters. The van der Waals surface area contributed by atoms with Crippen LogP contribution in [0.15, 0.2) is 0 Å². The Labute approximate surface area is 111 Å². The molecule has 7 heteroatoms. The van der Waals surface area contributed by atoms with Crippen LogP contribution in [0.1, 0.15) is 23.5 Å². The second-order valence-corrected chi connectivity index (χ2v) is 5.59. The van der Waals surface area contributed by atoms with Crippen molar-refractivity contribution in [2.75, 3.05) is 31.3 Å². The quantitative estimate of drug-likeness (QED) is 0.727. The zero-order valence-corrected chi connectivity index (χ0v) is 11.9. The van der Waals surface area contributed by atoms with E-state index >= 15 is 0 Å². The lowest BCUT2D eigenvalue weighted by molar-refractivity contribution is 0.0901. The molecule has 6 nitrogen and oxygen atoms in total. The second-order valence-electron chi connectivity index (χ2n) is 4.61. The van der Waals surface area contributed by atoms with Crippen molar-refractivity contribution in [1.82, 2.24) is 10.3 Å². The van der Waals surface area contributed by atoms with Crippen molar-refractivity contribution in [2.24, 2.45) is 5.92 Å². The first kappa shape index (κ1) is 14.7. The molecule has 102 valence electrons. The van der Waals surface area contributed by atoms with Gasteiger partial charge >= 0.3 is 0 Å². The Bertz CT molecular complexity index is 417. The zero-order valence-electron chi connectivity index (χ0n) is 11.1. The van der Waals surface area contributed by atoms with E-state index in [0.717, 1.165) is 0 Å². The van der Waals surface area contributed by atoms with E-state index in [2.05, 4.69) is 10.3 Å². The number of nitrogens with zero attached hydrogens (tertiary/aromatic N) is 2. The molecule has 1 amide bonds. The van der Waals surface area contributed by atoms with Gasteiger partial charge in [0.2, 0.25) is 0 Å². The fraction of sp³-hybridized carbons (Fsp3) is 0.636. The van der Waals surface area contributed by atoms with Gasteiger partial charge in [0.1, 0.15) is 10.7 Å². The number of amides is 1. The first-order valence-electron chi connectivity index (χ1n) is 5.72. The molecule has 0 fully saturated rings. The van der Waals surface area contributed by atoms with E-state index in [9.17, 15) is 9.90 Å². The number of rotatable bonds is 5. The monoisotopic (exact) mass is 272 g/mol. The number of hydrogen-bond acceptors (Lipinski definition) is 6. The summed E-state index contributed by atoms with van der Waals surface area (Å²) < 4.78 is 0. The lowest BCUT2D eigenvalue weighted by Gasteiger charge is -2.19. The number of carbonyl (C=O) groups is 1. The normalized spacial score (nSPS) is 12.6. The third-order valence-electron chi connectivity index (χ3n) is 2.55. The summed E-state index contributed by atoms with van der Waals surface area (Å²) in [4.78, 5) is 18.3. The number of aromatic nitrogens is 1. The topological polar surface area (TPSA) is 91.5 Å². The fourth-order valence-corrected chi connectivity index (χ4v) is 2.14. The molecule has 1 atom stereocenters. The van der Waals surface area contributed by atoms with Gasteiger partial charge in [-0.1, -0.05) is 25.2 Å². The van der Waals surface area contributed by atoms with Crippen molar-refractivity contribution < 1.29 is 9.90 Å². The van der Waals surface area contributed by atoms with Gasteiger partial charge in [-0.15, -0.1) is 0 Å². The van der Waals surface area contributed by atoms with Crippen LogP contribution in [0.4, 0.5) is 10.9 Å². The average Bonchev–Trinajstić information content (AvgIpc) is 2.67. The van der Waals surface area contributed by atoms with Crippen molar-refractivity contribution in [1.29, 1.82) is 0 Å². The lowest BCUT2D eigenvalue weighted by Crippen LogP contribution is -2.41. The van der Waals surface area contributed by atoms with Crippen LogP contribution >= 0.6 is 11.3 Å². The number of nitrogens with two attached hydrogens (primary N) is 1. The highest BCUT2D eigenvalue weighted by Gasteiger charge is 2.21. The van der Waals surface area contributed by atoms with E-state index in [4.69, 9.17) is 5.73 Å². The van der Waals surface area contributed by atoms with E-state index in [1.807, 2.05) is 27.9 Å². The SMILES string of the molecule is CC(C)C(CO)NC(=O)c1sc(N(C)C)nc1N. The molecule has 1 heterocycles. The predicted molar refractivity (Wildman–Crippen MR) is 74.0 cm³/mol. The van der Waals surface area contributed by atoms with Gasteiger partial charge < -0.3 is 21.1 Å². The molecule has 0 aromatic carbocycles. The Morgan fingerprint density at radius 3 is 2.56 bits per heavy atom. The van der Waals surface area contributed by atoms with Crippen molar-refractivity contribution in [2.45, 2.75) is 19.9 Å². The Balaban J connectivity index is 2.84. The highest BCUT2D eigenvalue weighted by atomic mass is 32.1. The maximum atomic E-state index is 12.0. The third kappa shape index (κ3) is 3.33. The zero-order chi connectivity index (χ0) is 13.9. The summed E-state index contributed by atoms with van der Waals surface area (Å²) in [6, 6.07) is -0.276. The number of carbonyl (C=O) groups excluding carboxylic acids is 1. The van der Waals surface area contributed by atoms with Crippen molar-refractivity contribution >= 4 is 28.2 Å². The third-order valence-corrected chi connectivity index (χ3v) is 3.79. The largest absolute Gasteiger partial charge is 0.394 e. The Hall–Kier alpha value is -1.34. The first-order valence-corrected chi connectivity index (χ1v) is 6.53. The van der Waals surface area contributed by atoms with Gasteiger partial charge in [0.25, 0.3) is 5.91 Å². The fourth-order valence-electron chi connectivity index (χ4n) is 1.33. The maximum absolute atomic E-state index is 12.0. The van der Waals surface area contributed by atoms with E-state index in [0.29, 0.717) is 10.0 Å². The summed E-state index contributed by atoms with van der Waals surface area (Å²) >= 11 is 1.24. The standard InChI is InChI=1S/C11H20N4O2S/c1-6(2)7(5-16)13-10(17)8-9(12)14-11(18-8)15(3)4/h6-7,16H,5,12H2,1-4H3,(H,13,17). The minimum Gasteiger partial charge on any atom is -0.394 e. The summed E-state index contributed by atoms with van der Waals surface area (Å²) in [7, 11) is 3.68. The summed E-state index contributed by atoms with van der Waals surface area (Å²) in [6.07, 6.45) is 0. The number of anilines is 2. The van der Waals surface area contributed by atoms with Gasteiger partial charge in [0.15, 0.2) is 5.13 Å². The van der Waals surface area contributed by atoms with E-state index < -0.39 is 0 Å². The highest BCUT2D eigenvalue weighted by Crippen LogP contribution is 2.26. The molecule has 1 aromatic rings. The molecular formula is C11H20N4O2S. The van der Waals surface area contributed by atoms with Crippen LogP contribution in [0.25, 0.3) is 0 Å². The smallest absolute Gasteiger partial charge is 0.265 e. The van der Waals surface area contributed by atoms with Crippen LogP contribution in [-0.2, 0) is 0 Å². The molecule has 0 aliphatic heterocycles. The number of nitrogen functional groups attached to an aromatic ring is 1. The summed E-state index contributed by atoms with van der Waals surface area (Å²) in [6.45, 7) is 3.77. The second kappa shape index (κ2) is 6.01. The molecule has 0 radical (unpaired) electrons. The van der Waals surface area contributed by atoms with Gasteiger partial charge in [-0.2, -0.15) is 0 Å². The molecule has 0 bridgehead atoms. The Morgan fingerprint density at radius 1 is 1.56 bits per heavy atom. The molecule has 0 aliphatic carbocycles. The average molecular weight is 272 g/mol. The van der Waals surface area contributed by atoms with Crippen LogP contribution in [-0.4, -0.2) is 42.7 Å². The number of aliphatic hydroxyl groups is 1. The number of aliphatic hydroxyl groups excluding tert-OH is 1. The highest BCUT2D eigenvalue weighted by molar-refractivity contribution is 7.18. The first-order chi connectivity index (χ1) is 8.36. The van der Waals surface area contributed by atoms with Gasteiger partial charge in [-0.25, -0.2) is 4.98 Å². The van der Waals surface area contributed by atoms with Crippen molar-refractivity contribution in [3.8, 4) is 0 Å². The van der Waals surface area contributed by atoms with Gasteiger partial charge in [-0.05, 0) is 5.92 Å². The number of nitrogens with one attached hydrogen (secondary N) is 1. The van der Waals surface area contributed by atoms with Crippen LogP contribution in [0.5, 0.6) is 0 Å². The van der Waals surface area contributed by atoms with Crippen LogP contribution in [0, 0.1) is 5.92 Å². The minimum atomic E-state index is -0.286. The summed E-state index contributed by atoms with van der Waals surface area (Å²) in [5, 5.41) is 12.6. The molecule has 0 aliphatic rings. The summed E-state index contributed by atoms with van der Waals surface area (Å²) in [5.41, 5.74) is 5.72. The van der Waals surface area contributed by atoms with E-state index in [1.165, 1.54) is 11.3 Å². The number of hydrogen-bond donors (Lipinski definition) is 3. The predicted octanol–water partition coefficient (Wildman–Crippen LogP) is 0.538. The Kier molecular flexibility index (Phi) is 4.92. The van der Waals surface area contributed by atoms with E-state index in [-0.39, 0.29) is 30.3 Å². The molecule has 4 N–H and O–H groups in total. The Morgan fingerprint density at radius 2 is 2.17 bits per heavy atom. The molecular weight excluding hydrogens is 252 g/mol. The van der Waals surface area contributed by atoms with Crippen molar-refractivity contribution in [3.63, 3.8) is 0 Å². The molecule has 0 saturated carbocycles.